The zero-order valence-corrected chi connectivity index (χ0v) is 14.7. The fraction of sp³-hybridized carbons (Fsp3) is 0.556. The molecule has 1 amide bonds. The van der Waals surface area contributed by atoms with Crippen molar-refractivity contribution < 1.29 is 4.79 Å². The summed E-state index contributed by atoms with van der Waals surface area (Å²) in [5.74, 6) is 0.0531. The number of carbonyl (C=O) groups excluding carboxylic acids is 1. The molecule has 0 aromatic carbocycles. The van der Waals surface area contributed by atoms with E-state index in [1.165, 1.54) is 32.1 Å². The molecule has 1 aliphatic carbocycles. The Morgan fingerprint density at radius 3 is 2.67 bits per heavy atom. The molecule has 2 aromatic heterocycles. The lowest BCUT2D eigenvalue weighted by atomic mass is 9.94. The number of rotatable bonds is 3. The maximum atomic E-state index is 12.7. The summed E-state index contributed by atoms with van der Waals surface area (Å²) in [6.45, 7) is 3.63. The third-order valence-electron chi connectivity index (χ3n) is 5.28. The average Bonchev–Trinajstić information content (AvgIpc) is 3.33. The lowest BCUT2D eigenvalue weighted by Crippen LogP contribution is -2.52. The molecule has 1 aliphatic heterocycles. The number of hydrogen-bond donors (Lipinski definition) is 1. The molecule has 3 heterocycles. The van der Waals surface area contributed by atoms with Crippen molar-refractivity contribution in [3.05, 3.63) is 29.3 Å². The monoisotopic (exact) mass is 344 g/mol. The molecule has 0 radical (unpaired) electrons. The summed E-state index contributed by atoms with van der Waals surface area (Å²) in [4.78, 5) is 18.3. The number of amides is 1. The van der Waals surface area contributed by atoms with Gasteiger partial charge in [-0.2, -0.15) is 5.10 Å². The third kappa shape index (κ3) is 3.26. The second-order valence-electron chi connectivity index (χ2n) is 6.76. The maximum Gasteiger partial charge on any atom is 0.274 e. The first kappa shape index (κ1) is 15.8. The molecule has 4 rings (SSSR count). The fourth-order valence-corrected chi connectivity index (χ4v) is 4.58. The van der Waals surface area contributed by atoms with Crippen LogP contribution >= 0.6 is 11.3 Å². The summed E-state index contributed by atoms with van der Waals surface area (Å²) in [6.07, 6.45) is 6.78. The van der Waals surface area contributed by atoms with E-state index >= 15 is 0 Å². The van der Waals surface area contributed by atoms with Crippen molar-refractivity contribution in [2.45, 2.75) is 38.1 Å². The van der Waals surface area contributed by atoms with Crippen molar-refractivity contribution >= 4 is 17.2 Å². The minimum absolute atomic E-state index is 0.0531. The van der Waals surface area contributed by atoms with Crippen LogP contribution in [0.5, 0.6) is 0 Å². The molecule has 5 nitrogen and oxygen atoms in total. The minimum Gasteiger partial charge on any atom is -0.335 e. The molecular weight excluding hydrogens is 320 g/mol. The second-order valence-corrected chi connectivity index (χ2v) is 7.71. The van der Waals surface area contributed by atoms with E-state index in [2.05, 4.69) is 15.1 Å². The van der Waals surface area contributed by atoms with Gasteiger partial charge in [-0.05, 0) is 30.4 Å². The molecular formula is C18H24N4OS. The van der Waals surface area contributed by atoms with E-state index in [-0.39, 0.29) is 5.91 Å². The zero-order valence-electron chi connectivity index (χ0n) is 13.9. The number of aromatic nitrogens is 2. The van der Waals surface area contributed by atoms with Crippen LogP contribution in [-0.4, -0.2) is 58.1 Å². The third-order valence-corrected chi connectivity index (χ3v) is 6.18. The first-order valence-electron chi connectivity index (χ1n) is 8.94. The number of hydrogen-bond acceptors (Lipinski definition) is 4. The Bertz CT molecular complexity index is 667. The van der Waals surface area contributed by atoms with Gasteiger partial charge in [-0.25, -0.2) is 0 Å². The predicted octanol–water partition coefficient (Wildman–Crippen LogP) is 3.23. The number of H-pyrrole nitrogens is 1. The number of nitrogens with zero attached hydrogens (tertiary/aromatic N) is 3. The zero-order chi connectivity index (χ0) is 16.4. The van der Waals surface area contributed by atoms with Crippen LogP contribution in [0.2, 0.25) is 0 Å². The Labute approximate surface area is 146 Å². The van der Waals surface area contributed by atoms with Gasteiger partial charge in [-0.1, -0.05) is 25.3 Å². The summed E-state index contributed by atoms with van der Waals surface area (Å²) in [5, 5.41) is 9.25. The standard InChI is InChI=1S/C18H24N4OS/c23-18(16-13-15(19-20-16)17-7-4-12-24-17)22-10-8-21(9-11-22)14-5-2-1-3-6-14/h4,7,12-14H,1-3,5-6,8-11H2,(H,19,20). The quantitative estimate of drug-likeness (QED) is 0.930. The molecule has 1 saturated carbocycles. The van der Waals surface area contributed by atoms with Gasteiger partial charge in [0.05, 0.1) is 10.6 Å². The molecule has 2 aromatic rings. The van der Waals surface area contributed by atoms with Gasteiger partial charge in [-0.3, -0.25) is 14.8 Å². The van der Waals surface area contributed by atoms with Crippen LogP contribution in [0.15, 0.2) is 23.6 Å². The van der Waals surface area contributed by atoms with Crippen molar-refractivity contribution in [2.75, 3.05) is 26.2 Å². The van der Waals surface area contributed by atoms with Crippen LogP contribution in [0.25, 0.3) is 10.6 Å². The molecule has 128 valence electrons. The largest absolute Gasteiger partial charge is 0.335 e. The van der Waals surface area contributed by atoms with Gasteiger partial charge in [0.1, 0.15) is 0 Å². The van der Waals surface area contributed by atoms with Crippen LogP contribution < -0.4 is 0 Å². The van der Waals surface area contributed by atoms with E-state index in [0.29, 0.717) is 5.69 Å². The van der Waals surface area contributed by atoms with Crippen molar-refractivity contribution in [3.63, 3.8) is 0 Å². The summed E-state index contributed by atoms with van der Waals surface area (Å²) in [6, 6.07) is 6.66. The topological polar surface area (TPSA) is 52.2 Å². The minimum atomic E-state index is 0.0531. The lowest BCUT2D eigenvalue weighted by Gasteiger charge is -2.40. The van der Waals surface area contributed by atoms with Gasteiger partial charge in [0.2, 0.25) is 0 Å². The van der Waals surface area contributed by atoms with E-state index in [4.69, 9.17) is 0 Å². The predicted molar refractivity (Wildman–Crippen MR) is 96.3 cm³/mol. The van der Waals surface area contributed by atoms with Crippen molar-refractivity contribution in [3.8, 4) is 10.6 Å². The van der Waals surface area contributed by atoms with Crippen LogP contribution in [-0.2, 0) is 0 Å². The van der Waals surface area contributed by atoms with Crippen molar-refractivity contribution in [2.24, 2.45) is 0 Å². The highest BCUT2D eigenvalue weighted by Gasteiger charge is 2.28. The molecule has 0 bridgehead atoms. The van der Waals surface area contributed by atoms with Gasteiger partial charge in [-0.15, -0.1) is 11.3 Å². The smallest absolute Gasteiger partial charge is 0.274 e. The first-order chi connectivity index (χ1) is 11.8. The highest BCUT2D eigenvalue weighted by atomic mass is 32.1. The molecule has 1 N–H and O–H groups in total. The summed E-state index contributed by atoms with van der Waals surface area (Å²) in [7, 11) is 0. The van der Waals surface area contributed by atoms with Gasteiger partial charge in [0, 0.05) is 32.2 Å². The second kappa shape index (κ2) is 7.07. The molecule has 6 heteroatoms. The summed E-state index contributed by atoms with van der Waals surface area (Å²) >= 11 is 1.65. The molecule has 1 saturated heterocycles. The van der Waals surface area contributed by atoms with Gasteiger partial charge >= 0.3 is 0 Å². The van der Waals surface area contributed by atoms with Crippen LogP contribution in [0.4, 0.5) is 0 Å². The van der Waals surface area contributed by atoms with Crippen LogP contribution in [0.3, 0.4) is 0 Å². The maximum absolute atomic E-state index is 12.7. The molecule has 0 atom stereocenters. The number of carbonyl (C=O) groups is 1. The van der Waals surface area contributed by atoms with Crippen molar-refractivity contribution in [1.82, 2.24) is 20.0 Å². The van der Waals surface area contributed by atoms with Crippen LogP contribution in [0.1, 0.15) is 42.6 Å². The Morgan fingerprint density at radius 2 is 1.96 bits per heavy atom. The first-order valence-corrected chi connectivity index (χ1v) is 9.82. The number of thiophene rings is 1. The van der Waals surface area contributed by atoms with Gasteiger partial charge in [0.15, 0.2) is 5.69 Å². The van der Waals surface area contributed by atoms with Crippen LogP contribution in [0, 0.1) is 0 Å². The Balaban J connectivity index is 1.36. The fourth-order valence-electron chi connectivity index (χ4n) is 3.89. The summed E-state index contributed by atoms with van der Waals surface area (Å²) in [5.41, 5.74) is 1.46. The van der Waals surface area contributed by atoms with E-state index in [0.717, 1.165) is 42.8 Å². The van der Waals surface area contributed by atoms with E-state index in [9.17, 15) is 4.79 Å². The van der Waals surface area contributed by atoms with Crippen molar-refractivity contribution in [1.29, 1.82) is 0 Å². The molecule has 0 spiro atoms. The number of aromatic amines is 1. The SMILES string of the molecule is O=C(c1cc(-c2cccs2)[nH]n1)N1CCN(C2CCCCC2)CC1. The normalized spacial score (nSPS) is 20.4. The summed E-state index contributed by atoms with van der Waals surface area (Å²) < 4.78 is 0. The highest BCUT2D eigenvalue weighted by Crippen LogP contribution is 2.25. The van der Waals surface area contributed by atoms with E-state index in [1.807, 2.05) is 28.5 Å². The molecule has 2 aliphatic rings. The average molecular weight is 344 g/mol. The Kier molecular flexibility index (Phi) is 4.67. The van der Waals surface area contributed by atoms with E-state index < -0.39 is 0 Å². The Hall–Kier alpha value is -1.66. The lowest BCUT2D eigenvalue weighted by molar-refractivity contribution is 0.0518. The Morgan fingerprint density at radius 1 is 1.17 bits per heavy atom. The molecule has 0 unspecified atom stereocenters. The van der Waals surface area contributed by atoms with E-state index in [1.54, 1.807) is 11.3 Å². The highest BCUT2D eigenvalue weighted by molar-refractivity contribution is 7.13. The molecule has 2 fully saturated rings. The number of piperazine rings is 1. The molecule has 24 heavy (non-hydrogen) atoms. The number of nitrogens with one attached hydrogen (secondary N) is 1. The van der Waals surface area contributed by atoms with Gasteiger partial charge < -0.3 is 4.90 Å². The van der Waals surface area contributed by atoms with Gasteiger partial charge in [0.25, 0.3) is 5.91 Å².